The van der Waals surface area contributed by atoms with Gasteiger partial charge in [0.2, 0.25) is 0 Å². The molecule has 4 heteroatoms. The van der Waals surface area contributed by atoms with Gasteiger partial charge in [0.15, 0.2) is 0 Å². The molecule has 0 saturated heterocycles. The van der Waals surface area contributed by atoms with Gasteiger partial charge in [0.1, 0.15) is 6.04 Å². The van der Waals surface area contributed by atoms with E-state index in [1.54, 1.807) is 6.92 Å². The number of carboxylic acid groups (broad SMARTS) is 1. The van der Waals surface area contributed by atoms with Crippen molar-refractivity contribution in [2.45, 2.75) is 13.0 Å². The molecule has 0 aliphatic carbocycles. The summed E-state index contributed by atoms with van der Waals surface area (Å²) in [6.07, 6.45) is 0. The first-order chi connectivity index (χ1) is 4.09. The Morgan fingerprint density at radius 1 is 1.78 bits per heavy atom. The van der Waals surface area contributed by atoms with Crippen molar-refractivity contribution in [3.05, 3.63) is 0 Å². The van der Waals surface area contributed by atoms with E-state index in [-0.39, 0.29) is 12.5 Å². The second-order valence-electron chi connectivity index (χ2n) is 2.02. The van der Waals surface area contributed by atoms with E-state index in [0.717, 1.165) is 0 Å². The van der Waals surface area contributed by atoms with Crippen molar-refractivity contribution in [3.63, 3.8) is 0 Å². The third-order valence-corrected chi connectivity index (χ3v) is 1.19. The summed E-state index contributed by atoms with van der Waals surface area (Å²) in [7, 11) is 0. The maximum Gasteiger partial charge on any atom is 0.320 e. The Morgan fingerprint density at radius 3 is 2.33 bits per heavy atom. The van der Waals surface area contributed by atoms with E-state index in [1.165, 1.54) is 0 Å². The van der Waals surface area contributed by atoms with Crippen LogP contribution in [-0.4, -0.2) is 28.8 Å². The first kappa shape index (κ1) is 8.39. The predicted molar refractivity (Wildman–Crippen MR) is 31.9 cm³/mol. The summed E-state index contributed by atoms with van der Waals surface area (Å²) >= 11 is 0. The molecule has 0 bridgehead atoms. The summed E-state index contributed by atoms with van der Waals surface area (Å²) in [5, 5.41) is 16.7. The van der Waals surface area contributed by atoms with Crippen molar-refractivity contribution in [3.8, 4) is 0 Å². The lowest BCUT2D eigenvalue weighted by molar-refractivity contribution is -0.140. The van der Waals surface area contributed by atoms with Crippen LogP contribution in [0.1, 0.15) is 6.92 Å². The number of aliphatic hydroxyl groups is 1. The lowest BCUT2D eigenvalue weighted by Crippen LogP contribution is -2.38. The van der Waals surface area contributed by atoms with Gasteiger partial charge in [-0.05, 0) is 0 Å². The number of hydrogen-bond acceptors (Lipinski definition) is 3. The molecule has 0 aromatic heterocycles. The summed E-state index contributed by atoms with van der Waals surface area (Å²) < 4.78 is 0. The zero-order valence-corrected chi connectivity index (χ0v) is 5.24. The molecule has 9 heavy (non-hydrogen) atoms. The van der Waals surface area contributed by atoms with E-state index >= 15 is 0 Å². The monoisotopic (exact) mass is 133 g/mol. The summed E-state index contributed by atoms with van der Waals surface area (Å²) in [6, 6.07) is -0.949. The van der Waals surface area contributed by atoms with Crippen molar-refractivity contribution in [1.82, 2.24) is 0 Å². The van der Waals surface area contributed by atoms with Gasteiger partial charge >= 0.3 is 5.97 Å². The minimum atomic E-state index is -1.07. The molecular formula is C5H11NO3. The summed E-state index contributed by atoms with van der Waals surface area (Å²) in [5.74, 6) is -1.45. The van der Waals surface area contributed by atoms with Gasteiger partial charge in [0.25, 0.3) is 0 Å². The maximum atomic E-state index is 10.1. The zero-order chi connectivity index (χ0) is 7.44. The van der Waals surface area contributed by atoms with Crippen molar-refractivity contribution in [1.29, 1.82) is 0 Å². The molecule has 0 heterocycles. The molecule has 0 saturated carbocycles. The Balaban J connectivity index is 3.72. The Hall–Kier alpha value is -0.610. The molecule has 0 spiro atoms. The largest absolute Gasteiger partial charge is 0.480 e. The van der Waals surface area contributed by atoms with Crippen molar-refractivity contribution >= 4 is 5.97 Å². The van der Waals surface area contributed by atoms with Gasteiger partial charge in [-0.2, -0.15) is 0 Å². The van der Waals surface area contributed by atoms with E-state index in [9.17, 15) is 4.79 Å². The Bertz CT molecular complexity index is 104. The minimum absolute atomic E-state index is 0.187. The molecule has 0 radical (unpaired) electrons. The number of nitrogens with two attached hydrogens (primary N) is 1. The number of carbonyl (C=O) groups is 1. The van der Waals surface area contributed by atoms with Gasteiger partial charge < -0.3 is 15.9 Å². The number of carboxylic acids is 1. The summed E-state index contributed by atoms with van der Waals surface area (Å²) in [4.78, 5) is 10.1. The standard InChI is InChI=1S/C5H11NO3/c1-3(2-7)4(6)5(8)9/h3-4,7H,2,6H2,1H3,(H,8,9)/t3-,4-/m0/s1. The molecule has 0 aliphatic heterocycles. The van der Waals surface area contributed by atoms with Gasteiger partial charge in [-0.3, -0.25) is 4.79 Å². The smallest absolute Gasteiger partial charge is 0.320 e. The molecular weight excluding hydrogens is 122 g/mol. The van der Waals surface area contributed by atoms with Gasteiger partial charge in [-0.15, -0.1) is 0 Å². The number of aliphatic hydroxyl groups excluding tert-OH is 1. The number of aliphatic carboxylic acids is 1. The molecule has 0 rings (SSSR count). The SMILES string of the molecule is C[C@@H](CO)[C@H](N)C(=O)O. The third kappa shape index (κ3) is 2.43. The second-order valence-corrected chi connectivity index (χ2v) is 2.02. The topological polar surface area (TPSA) is 83.5 Å². The Labute approximate surface area is 53.3 Å². The average Bonchev–Trinajstić information content (AvgIpc) is 1.84. The van der Waals surface area contributed by atoms with Crippen LogP contribution < -0.4 is 5.73 Å². The fourth-order valence-electron chi connectivity index (χ4n) is 0.357. The molecule has 0 aliphatic rings. The van der Waals surface area contributed by atoms with Gasteiger partial charge in [0.05, 0.1) is 0 Å². The van der Waals surface area contributed by atoms with Crippen molar-refractivity contribution in [2.24, 2.45) is 11.7 Å². The highest BCUT2D eigenvalue weighted by Crippen LogP contribution is 1.97. The highest BCUT2D eigenvalue weighted by Gasteiger charge is 2.18. The van der Waals surface area contributed by atoms with Crippen LogP contribution in [0.2, 0.25) is 0 Å². The quantitative estimate of drug-likeness (QED) is 0.462. The van der Waals surface area contributed by atoms with Crippen LogP contribution in [0.4, 0.5) is 0 Å². The van der Waals surface area contributed by atoms with Crippen LogP contribution in [0.25, 0.3) is 0 Å². The Kier molecular flexibility index (Phi) is 3.19. The van der Waals surface area contributed by atoms with Gasteiger partial charge in [-0.25, -0.2) is 0 Å². The number of rotatable bonds is 3. The highest BCUT2D eigenvalue weighted by molar-refractivity contribution is 5.73. The fourth-order valence-corrected chi connectivity index (χ4v) is 0.357. The first-order valence-corrected chi connectivity index (χ1v) is 2.68. The molecule has 0 aromatic rings. The van der Waals surface area contributed by atoms with Crippen molar-refractivity contribution < 1.29 is 15.0 Å². The first-order valence-electron chi connectivity index (χ1n) is 2.68. The van der Waals surface area contributed by atoms with Crippen LogP contribution in [-0.2, 0) is 4.79 Å². The average molecular weight is 133 g/mol. The van der Waals surface area contributed by atoms with Crippen LogP contribution in [0.5, 0.6) is 0 Å². The van der Waals surface area contributed by atoms with Gasteiger partial charge in [0, 0.05) is 12.5 Å². The lowest BCUT2D eigenvalue weighted by Gasteiger charge is -2.11. The van der Waals surface area contributed by atoms with Crippen LogP contribution >= 0.6 is 0 Å². The second kappa shape index (κ2) is 3.42. The van der Waals surface area contributed by atoms with E-state index < -0.39 is 12.0 Å². The summed E-state index contributed by atoms with van der Waals surface area (Å²) in [5.41, 5.74) is 5.11. The normalized spacial score (nSPS) is 16.8. The molecule has 2 atom stereocenters. The van der Waals surface area contributed by atoms with E-state index in [2.05, 4.69) is 0 Å². The molecule has 0 aromatic carbocycles. The van der Waals surface area contributed by atoms with E-state index in [0.29, 0.717) is 0 Å². The molecule has 4 nitrogen and oxygen atoms in total. The maximum absolute atomic E-state index is 10.1. The van der Waals surface area contributed by atoms with E-state index in [4.69, 9.17) is 15.9 Å². The fraction of sp³-hybridized carbons (Fsp3) is 0.800. The minimum Gasteiger partial charge on any atom is -0.480 e. The van der Waals surface area contributed by atoms with E-state index in [1.807, 2.05) is 0 Å². The van der Waals surface area contributed by atoms with Crippen LogP contribution in [0.15, 0.2) is 0 Å². The molecule has 4 N–H and O–H groups in total. The molecule has 0 fully saturated rings. The number of hydrogen-bond donors (Lipinski definition) is 3. The molecule has 0 amide bonds. The van der Waals surface area contributed by atoms with Crippen LogP contribution in [0.3, 0.4) is 0 Å². The molecule has 0 unspecified atom stereocenters. The van der Waals surface area contributed by atoms with Crippen molar-refractivity contribution in [2.75, 3.05) is 6.61 Å². The lowest BCUT2D eigenvalue weighted by atomic mass is 10.1. The predicted octanol–water partition coefficient (Wildman–Crippen LogP) is -0.973. The van der Waals surface area contributed by atoms with Crippen LogP contribution in [0, 0.1) is 5.92 Å². The van der Waals surface area contributed by atoms with Gasteiger partial charge in [-0.1, -0.05) is 6.92 Å². The Morgan fingerprint density at radius 2 is 2.22 bits per heavy atom. The molecule has 54 valence electrons. The zero-order valence-electron chi connectivity index (χ0n) is 5.24. The highest BCUT2D eigenvalue weighted by atomic mass is 16.4. The summed E-state index contributed by atoms with van der Waals surface area (Å²) in [6.45, 7) is 1.40. The third-order valence-electron chi connectivity index (χ3n) is 1.19.